The zero-order valence-electron chi connectivity index (χ0n) is 14.9. The first-order chi connectivity index (χ1) is 12.7. The maximum Gasteiger partial charge on any atom is 0.332 e. The highest BCUT2D eigenvalue weighted by atomic mass is 32.2. The van der Waals surface area contributed by atoms with Gasteiger partial charge in [0.05, 0.1) is 5.75 Å². The second kappa shape index (κ2) is 8.92. The molecule has 0 unspecified atom stereocenters. The minimum absolute atomic E-state index is 0.0177. The molecule has 0 radical (unpaired) electrons. The normalized spacial score (nSPS) is 12.6. The van der Waals surface area contributed by atoms with E-state index in [1.807, 2.05) is 0 Å². The van der Waals surface area contributed by atoms with Gasteiger partial charge in [-0.3, -0.25) is 0 Å². The molecule has 2 rings (SSSR count). The minimum Gasteiger partial charge on any atom is -0.478 e. The molecule has 0 aliphatic rings. The van der Waals surface area contributed by atoms with Gasteiger partial charge in [0.25, 0.3) is 0 Å². The van der Waals surface area contributed by atoms with Gasteiger partial charge in [-0.05, 0) is 40.8 Å². The SMILES string of the molecule is CS(=O)(=O)CCc1ccc(C(=C(CCO)C(=O)O)c2cccc(F)c2)cc1. The Kier molecular flexibility index (Phi) is 6.87. The largest absolute Gasteiger partial charge is 0.478 e. The highest BCUT2D eigenvalue weighted by Crippen LogP contribution is 2.29. The summed E-state index contributed by atoms with van der Waals surface area (Å²) in [6.45, 7) is -0.354. The number of carboxylic acids is 1. The third-order valence-electron chi connectivity index (χ3n) is 4.04. The summed E-state index contributed by atoms with van der Waals surface area (Å²) in [5.41, 5.74) is 2.04. The Morgan fingerprint density at radius 1 is 1.07 bits per heavy atom. The van der Waals surface area contributed by atoms with E-state index in [1.54, 1.807) is 30.3 Å². The Labute approximate surface area is 157 Å². The molecule has 0 aliphatic heterocycles. The van der Waals surface area contributed by atoms with Gasteiger partial charge >= 0.3 is 5.97 Å². The summed E-state index contributed by atoms with van der Waals surface area (Å²) in [6, 6.07) is 12.4. The van der Waals surface area contributed by atoms with Crippen LogP contribution in [-0.4, -0.2) is 43.2 Å². The number of sulfone groups is 1. The Hall–Kier alpha value is -2.51. The number of carboxylic acid groups (broad SMARTS) is 1. The number of hydrogen-bond donors (Lipinski definition) is 2. The van der Waals surface area contributed by atoms with Crippen molar-refractivity contribution in [3.8, 4) is 0 Å². The van der Waals surface area contributed by atoms with Crippen LogP contribution in [0.1, 0.15) is 23.1 Å². The number of hydrogen-bond acceptors (Lipinski definition) is 4. The lowest BCUT2D eigenvalue weighted by atomic mass is 9.91. The molecule has 27 heavy (non-hydrogen) atoms. The molecule has 0 saturated carbocycles. The minimum atomic E-state index is -3.09. The average Bonchev–Trinajstić information content (AvgIpc) is 2.60. The van der Waals surface area contributed by atoms with Crippen LogP contribution < -0.4 is 0 Å². The van der Waals surface area contributed by atoms with Gasteiger partial charge in [0.1, 0.15) is 15.7 Å². The van der Waals surface area contributed by atoms with E-state index in [-0.39, 0.29) is 24.4 Å². The van der Waals surface area contributed by atoms with Gasteiger partial charge in [-0.2, -0.15) is 0 Å². The van der Waals surface area contributed by atoms with Crippen LogP contribution >= 0.6 is 0 Å². The number of aliphatic hydroxyl groups excluding tert-OH is 1. The Morgan fingerprint density at radius 3 is 2.26 bits per heavy atom. The molecule has 0 aliphatic carbocycles. The highest BCUT2D eigenvalue weighted by Gasteiger charge is 2.18. The van der Waals surface area contributed by atoms with Crippen molar-refractivity contribution in [1.82, 2.24) is 0 Å². The number of carbonyl (C=O) groups is 1. The van der Waals surface area contributed by atoms with E-state index in [4.69, 9.17) is 0 Å². The lowest BCUT2D eigenvalue weighted by Crippen LogP contribution is -2.08. The van der Waals surface area contributed by atoms with Crippen LogP contribution in [0.15, 0.2) is 54.1 Å². The molecule has 144 valence electrons. The van der Waals surface area contributed by atoms with Crippen molar-refractivity contribution < 1.29 is 27.8 Å². The number of aryl methyl sites for hydroxylation is 1. The zero-order chi connectivity index (χ0) is 20.0. The molecule has 0 amide bonds. The van der Waals surface area contributed by atoms with Gasteiger partial charge in [-0.15, -0.1) is 0 Å². The summed E-state index contributed by atoms with van der Waals surface area (Å²) in [5, 5.41) is 18.8. The van der Waals surface area contributed by atoms with E-state index in [2.05, 4.69) is 0 Å². The van der Waals surface area contributed by atoms with Gasteiger partial charge in [-0.25, -0.2) is 17.6 Å². The second-order valence-corrected chi connectivity index (χ2v) is 8.48. The van der Waals surface area contributed by atoms with E-state index < -0.39 is 21.6 Å². The first-order valence-electron chi connectivity index (χ1n) is 8.31. The number of benzene rings is 2. The predicted octanol–water partition coefficient (Wildman–Crippen LogP) is 2.68. The third-order valence-corrected chi connectivity index (χ3v) is 4.98. The zero-order valence-corrected chi connectivity index (χ0v) is 15.7. The van der Waals surface area contributed by atoms with Crippen molar-refractivity contribution in [3.05, 3.63) is 76.6 Å². The van der Waals surface area contributed by atoms with Gasteiger partial charge in [0, 0.05) is 24.9 Å². The summed E-state index contributed by atoms with van der Waals surface area (Å²) in [6.07, 6.45) is 1.43. The number of aliphatic hydroxyl groups is 1. The molecule has 5 nitrogen and oxygen atoms in total. The molecule has 0 atom stereocenters. The fourth-order valence-corrected chi connectivity index (χ4v) is 3.36. The molecule has 0 fully saturated rings. The summed E-state index contributed by atoms with van der Waals surface area (Å²) in [4.78, 5) is 11.7. The quantitative estimate of drug-likeness (QED) is 0.674. The maximum absolute atomic E-state index is 13.7. The summed E-state index contributed by atoms with van der Waals surface area (Å²) < 4.78 is 36.3. The Balaban J connectivity index is 2.51. The van der Waals surface area contributed by atoms with Gasteiger partial charge in [0.2, 0.25) is 0 Å². The highest BCUT2D eigenvalue weighted by molar-refractivity contribution is 7.90. The summed E-state index contributed by atoms with van der Waals surface area (Å²) in [5.74, 6) is -1.67. The third kappa shape index (κ3) is 6.01. The van der Waals surface area contributed by atoms with E-state index in [1.165, 1.54) is 24.5 Å². The molecule has 7 heteroatoms. The molecule has 2 aromatic carbocycles. The van der Waals surface area contributed by atoms with E-state index in [0.717, 1.165) is 5.56 Å². The molecule has 0 heterocycles. The van der Waals surface area contributed by atoms with Gasteiger partial charge < -0.3 is 10.2 Å². The van der Waals surface area contributed by atoms with E-state index >= 15 is 0 Å². The van der Waals surface area contributed by atoms with Crippen molar-refractivity contribution in [1.29, 1.82) is 0 Å². The lowest BCUT2D eigenvalue weighted by Gasteiger charge is -2.14. The van der Waals surface area contributed by atoms with Crippen LogP contribution in [0.2, 0.25) is 0 Å². The lowest BCUT2D eigenvalue weighted by molar-refractivity contribution is -0.132. The van der Waals surface area contributed by atoms with Crippen molar-refractivity contribution in [2.24, 2.45) is 0 Å². The van der Waals surface area contributed by atoms with Crippen LogP contribution in [-0.2, 0) is 21.1 Å². The Bertz CT molecular complexity index is 947. The monoisotopic (exact) mass is 392 g/mol. The molecular formula is C20H21FO5S. The van der Waals surface area contributed by atoms with Crippen LogP contribution in [0.5, 0.6) is 0 Å². The molecule has 0 spiro atoms. The van der Waals surface area contributed by atoms with Crippen LogP contribution in [0, 0.1) is 5.82 Å². The van der Waals surface area contributed by atoms with Crippen LogP contribution in [0.25, 0.3) is 5.57 Å². The molecule has 0 saturated heterocycles. The fourth-order valence-electron chi connectivity index (χ4n) is 2.75. The standard InChI is InChI=1S/C20H21FO5S/c1-27(25,26)12-10-14-5-7-15(8-6-14)19(18(9-11-22)20(23)24)16-3-2-4-17(21)13-16/h2-8,13,22H,9-12H2,1H3,(H,23,24). The molecule has 0 bridgehead atoms. The van der Waals surface area contributed by atoms with Crippen molar-refractivity contribution in [3.63, 3.8) is 0 Å². The second-order valence-electron chi connectivity index (χ2n) is 6.22. The molecular weight excluding hydrogens is 371 g/mol. The van der Waals surface area contributed by atoms with E-state index in [0.29, 0.717) is 23.1 Å². The summed E-state index contributed by atoms with van der Waals surface area (Å²) in [7, 11) is -3.09. The molecule has 2 N–H and O–H groups in total. The predicted molar refractivity (Wildman–Crippen MR) is 102 cm³/mol. The van der Waals surface area contributed by atoms with Crippen molar-refractivity contribution in [2.75, 3.05) is 18.6 Å². The van der Waals surface area contributed by atoms with Crippen LogP contribution in [0.3, 0.4) is 0 Å². The molecule has 2 aromatic rings. The van der Waals surface area contributed by atoms with Crippen LogP contribution in [0.4, 0.5) is 4.39 Å². The summed E-state index contributed by atoms with van der Waals surface area (Å²) >= 11 is 0. The average molecular weight is 392 g/mol. The molecule has 0 aromatic heterocycles. The van der Waals surface area contributed by atoms with E-state index in [9.17, 15) is 27.8 Å². The first kappa shape index (κ1) is 20.8. The van der Waals surface area contributed by atoms with Gasteiger partial charge in [-0.1, -0.05) is 36.4 Å². The van der Waals surface area contributed by atoms with Gasteiger partial charge in [0.15, 0.2) is 0 Å². The first-order valence-corrected chi connectivity index (χ1v) is 10.4. The number of aliphatic carboxylic acids is 1. The topological polar surface area (TPSA) is 91.7 Å². The Morgan fingerprint density at radius 2 is 1.74 bits per heavy atom. The number of halogens is 1. The van der Waals surface area contributed by atoms with Crippen molar-refractivity contribution in [2.45, 2.75) is 12.8 Å². The number of rotatable bonds is 8. The smallest absolute Gasteiger partial charge is 0.332 e. The maximum atomic E-state index is 13.7. The van der Waals surface area contributed by atoms with Crippen molar-refractivity contribution >= 4 is 21.4 Å². The fraction of sp³-hybridized carbons (Fsp3) is 0.250.